The number of rotatable bonds is 3. The Morgan fingerprint density at radius 2 is 2.50 bits per heavy atom. The lowest BCUT2D eigenvalue weighted by Gasteiger charge is -2.04. The predicted molar refractivity (Wildman–Crippen MR) is 47.3 cm³/mol. The van der Waals surface area contributed by atoms with Gasteiger partial charge in [0.2, 0.25) is 0 Å². The molecule has 1 N–H and O–H groups in total. The highest BCUT2D eigenvalue weighted by Crippen LogP contribution is 1.91. The summed E-state index contributed by atoms with van der Waals surface area (Å²) in [7, 11) is 1.62. The Morgan fingerprint density at radius 1 is 1.83 bits per heavy atom. The van der Waals surface area contributed by atoms with Gasteiger partial charge < -0.3 is 5.11 Å². The van der Waals surface area contributed by atoms with Crippen LogP contribution in [-0.2, 0) is 13.6 Å². The van der Waals surface area contributed by atoms with Gasteiger partial charge in [-0.1, -0.05) is 15.9 Å². The number of aliphatic hydroxyl groups is 1. The largest absolute Gasteiger partial charge is 0.390 e. The zero-order valence-corrected chi connectivity index (χ0v) is 8.23. The maximum Gasteiger partial charge on any atom is 0.345 e. The molecule has 0 aliphatic carbocycles. The molecule has 6 heteroatoms. The minimum absolute atomic E-state index is 0.213. The third-order valence-electron chi connectivity index (χ3n) is 1.45. The van der Waals surface area contributed by atoms with Crippen LogP contribution in [0.15, 0.2) is 11.1 Å². The second-order valence-corrected chi connectivity index (χ2v) is 3.16. The Hall–Kier alpha value is -0.620. The standard InChI is InChI=1S/C6H10BrN3O2/c1-9-4-8-10(6(9)12)3-5(11)2-7/h4-5,11H,2-3H2,1H3. The molecule has 1 aromatic rings. The highest BCUT2D eigenvalue weighted by Gasteiger charge is 2.06. The van der Waals surface area contributed by atoms with Crippen molar-refractivity contribution < 1.29 is 5.11 Å². The zero-order chi connectivity index (χ0) is 9.14. The molecule has 1 unspecified atom stereocenters. The van der Waals surface area contributed by atoms with Crippen LogP contribution in [-0.4, -0.2) is 30.9 Å². The summed E-state index contributed by atoms with van der Waals surface area (Å²) in [4.78, 5) is 11.2. The van der Waals surface area contributed by atoms with Gasteiger partial charge in [-0.05, 0) is 0 Å². The third-order valence-corrected chi connectivity index (χ3v) is 2.20. The van der Waals surface area contributed by atoms with Crippen LogP contribution >= 0.6 is 15.9 Å². The fourth-order valence-corrected chi connectivity index (χ4v) is 0.999. The molecular formula is C6H10BrN3O2. The maximum absolute atomic E-state index is 11.2. The predicted octanol–water partition coefficient (Wildman–Crippen LogP) is -0.662. The van der Waals surface area contributed by atoms with E-state index in [1.165, 1.54) is 15.6 Å². The van der Waals surface area contributed by atoms with Crippen molar-refractivity contribution in [1.29, 1.82) is 0 Å². The van der Waals surface area contributed by atoms with E-state index in [2.05, 4.69) is 21.0 Å². The first-order chi connectivity index (χ1) is 5.65. The number of nitrogens with zero attached hydrogens (tertiary/aromatic N) is 3. The van der Waals surface area contributed by atoms with Crippen molar-refractivity contribution in [3.05, 3.63) is 16.8 Å². The van der Waals surface area contributed by atoms with Crippen molar-refractivity contribution in [1.82, 2.24) is 14.3 Å². The molecule has 0 fully saturated rings. The van der Waals surface area contributed by atoms with Crippen molar-refractivity contribution in [2.45, 2.75) is 12.6 Å². The quantitative estimate of drug-likeness (QED) is 0.708. The van der Waals surface area contributed by atoms with Gasteiger partial charge in [0.25, 0.3) is 0 Å². The fourth-order valence-electron chi connectivity index (χ4n) is 0.794. The van der Waals surface area contributed by atoms with Crippen LogP contribution in [0.4, 0.5) is 0 Å². The molecular weight excluding hydrogens is 226 g/mol. The van der Waals surface area contributed by atoms with Crippen molar-refractivity contribution in [3.63, 3.8) is 0 Å². The first-order valence-electron chi connectivity index (χ1n) is 3.47. The minimum Gasteiger partial charge on any atom is -0.390 e. The third kappa shape index (κ3) is 1.95. The van der Waals surface area contributed by atoms with Crippen LogP contribution in [0.5, 0.6) is 0 Å². The van der Waals surface area contributed by atoms with Crippen molar-refractivity contribution in [2.75, 3.05) is 5.33 Å². The molecule has 0 saturated heterocycles. The van der Waals surface area contributed by atoms with Gasteiger partial charge >= 0.3 is 5.69 Å². The summed E-state index contributed by atoms with van der Waals surface area (Å²) in [6, 6.07) is 0. The summed E-state index contributed by atoms with van der Waals surface area (Å²) in [6.45, 7) is 0.227. The van der Waals surface area contributed by atoms with Crippen LogP contribution in [0.2, 0.25) is 0 Å². The zero-order valence-electron chi connectivity index (χ0n) is 6.64. The summed E-state index contributed by atoms with van der Waals surface area (Å²) >= 11 is 3.10. The Balaban J connectivity index is 2.76. The number of hydrogen-bond donors (Lipinski definition) is 1. The number of aliphatic hydroxyl groups excluding tert-OH is 1. The first kappa shape index (κ1) is 9.47. The van der Waals surface area contributed by atoms with E-state index in [0.717, 1.165) is 0 Å². The molecule has 0 spiro atoms. The van der Waals surface area contributed by atoms with Crippen LogP contribution < -0.4 is 5.69 Å². The molecule has 0 aliphatic rings. The summed E-state index contributed by atoms with van der Waals surface area (Å²) < 4.78 is 2.59. The van der Waals surface area contributed by atoms with Gasteiger partial charge in [0.15, 0.2) is 0 Å². The first-order valence-corrected chi connectivity index (χ1v) is 4.59. The van der Waals surface area contributed by atoms with Gasteiger partial charge in [0.1, 0.15) is 6.33 Å². The number of halogens is 1. The summed E-state index contributed by atoms with van der Waals surface area (Å²) in [5.74, 6) is 0. The van der Waals surface area contributed by atoms with E-state index >= 15 is 0 Å². The monoisotopic (exact) mass is 235 g/mol. The second kappa shape index (κ2) is 3.86. The smallest absolute Gasteiger partial charge is 0.345 e. The lowest BCUT2D eigenvalue weighted by Crippen LogP contribution is -2.29. The molecule has 1 heterocycles. The van der Waals surface area contributed by atoms with E-state index in [1.54, 1.807) is 7.05 Å². The Bertz CT molecular complexity index is 306. The van der Waals surface area contributed by atoms with E-state index in [-0.39, 0.29) is 12.2 Å². The molecule has 0 aromatic carbocycles. The summed E-state index contributed by atoms with van der Waals surface area (Å²) in [5.41, 5.74) is -0.213. The highest BCUT2D eigenvalue weighted by atomic mass is 79.9. The maximum atomic E-state index is 11.2. The van der Waals surface area contributed by atoms with Gasteiger partial charge in [-0.3, -0.25) is 4.57 Å². The van der Waals surface area contributed by atoms with Crippen LogP contribution in [0.1, 0.15) is 0 Å². The average molecular weight is 236 g/mol. The molecule has 0 bridgehead atoms. The lowest BCUT2D eigenvalue weighted by molar-refractivity contribution is 0.172. The van der Waals surface area contributed by atoms with Crippen LogP contribution in [0.3, 0.4) is 0 Å². The van der Waals surface area contributed by atoms with Gasteiger partial charge in [-0.25, -0.2) is 9.48 Å². The molecule has 12 heavy (non-hydrogen) atoms. The number of hydrogen-bond acceptors (Lipinski definition) is 3. The van der Waals surface area contributed by atoms with E-state index in [9.17, 15) is 9.90 Å². The van der Waals surface area contributed by atoms with Crippen molar-refractivity contribution >= 4 is 15.9 Å². The Labute approximate surface area is 77.8 Å². The molecule has 0 saturated carbocycles. The van der Waals surface area contributed by atoms with Crippen molar-refractivity contribution in [3.8, 4) is 0 Å². The Morgan fingerprint density at radius 3 is 2.92 bits per heavy atom. The molecule has 5 nitrogen and oxygen atoms in total. The van der Waals surface area contributed by atoms with Gasteiger partial charge in [-0.15, -0.1) is 0 Å². The molecule has 0 amide bonds. The summed E-state index contributed by atoms with van der Waals surface area (Å²) in [5, 5.41) is 13.4. The SMILES string of the molecule is Cn1cnn(CC(O)CBr)c1=O. The molecule has 0 aliphatic heterocycles. The number of aromatic nitrogens is 3. The van der Waals surface area contributed by atoms with Crippen LogP contribution in [0, 0.1) is 0 Å². The van der Waals surface area contributed by atoms with E-state index in [0.29, 0.717) is 5.33 Å². The minimum atomic E-state index is -0.572. The second-order valence-electron chi connectivity index (χ2n) is 2.51. The van der Waals surface area contributed by atoms with Gasteiger partial charge in [-0.2, -0.15) is 5.10 Å². The van der Waals surface area contributed by atoms with Crippen LogP contribution in [0.25, 0.3) is 0 Å². The fraction of sp³-hybridized carbons (Fsp3) is 0.667. The van der Waals surface area contributed by atoms with E-state index < -0.39 is 6.10 Å². The average Bonchev–Trinajstić information content (AvgIpc) is 2.36. The molecule has 68 valence electrons. The molecule has 1 aromatic heterocycles. The van der Waals surface area contributed by atoms with Gasteiger partial charge in [0, 0.05) is 12.4 Å². The van der Waals surface area contributed by atoms with Crippen molar-refractivity contribution in [2.24, 2.45) is 7.05 Å². The van der Waals surface area contributed by atoms with Gasteiger partial charge in [0.05, 0.1) is 12.6 Å². The summed E-state index contributed by atoms with van der Waals surface area (Å²) in [6.07, 6.45) is 0.848. The topological polar surface area (TPSA) is 60.1 Å². The highest BCUT2D eigenvalue weighted by molar-refractivity contribution is 9.09. The van der Waals surface area contributed by atoms with E-state index in [4.69, 9.17) is 0 Å². The molecule has 1 rings (SSSR count). The molecule has 0 radical (unpaired) electrons. The number of alkyl halides is 1. The normalized spacial score (nSPS) is 13.2. The Kier molecular flexibility index (Phi) is 3.05. The lowest BCUT2D eigenvalue weighted by atomic mass is 10.4. The molecule has 1 atom stereocenters. The number of aryl methyl sites for hydroxylation is 1. The van der Waals surface area contributed by atoms with E-state index in [1.807, 2.05) is 0 Å².